The second-order valence-electron chi connectivity index (χ2n) is 6.52. The van der Waals surface area contributed by atoms with E-state index < -0.39 is 0 Å². The third kappa shape index (κ3) is 4.02. The van der Waals surface area contributed by atoms with Crippen molar-refractivity contribution >= 4 is 44.3 Å². The molecule has 29 heavy (non-hydrogen) atoms. The number of pyridine rings is 2. The van der Waals surface area contributed by atoms with Gasteiger partial charge in [-0.05, 0) is 58.2 Å². The molecule has 0 bridgehead atoms. The van der Waals surface area contributed by atoms with Gasteiger partial charge in [0.2, 0.25) is 0 Å². The van der Waals surface area contributed by atoms with E-state index >= 15 is 0 Å². The summed E-state index contributed by atoms with van der Waals surface area (Å²) in [4.78, 5) is 21.5. The van der Waals surface area contributed by atoms with Gasteiger partial charge in [-0.15, -0.1) is 0 Å². The molecular formula is C21H17BrClN5O. The predicted molar refractivity (Wildman–Crippen MR) is 116 cm³/mol. The van der Waals surface area contributed by atoms with Gasteiger partial charge >= 0.3 is 0 Å². The van der Waals surface area contributed by atoms with E-state index in [9.17, 15) is 4.79 Å². The monoisotopic (exact) mass is 469 g/mol. The Morgan fingerprint density at radius 1 is 1.14 bits per heavy atom. The molecular weight excluding hydrogens is 454 g/mol. The maximum Gasteiger partial charge on any atom is 0.254 e. The molecule has 0 aliphatic rings. The molecule has 0 saturated heterocycles. The molecule has 1 aromatic carbocycles. The van der Waals surface area contributed by atoms with Crippen molar-refractivity contribution in [3.8, 4) is 5.69 Å². The van der Waals surface area contributed by atoms with Crippen LogP contribution in [0.1, 0.15) is 35.3 Å². The summed E-state index contributed by atoms with van der Waals surface area (Å²) in [5.41, 5.74) is 3.00. The van der Waals surface area contributed by atoms with Crippen LogP contribution in [0.25, 0.3) is 16.6 Å². The van der Waals surface area contributed by atoms with Gasteiger partial charge in [-0.2, -0.15) is 5.10 Å². The topological polar surface area (TPSA) is 72.7 Å². The van der Waals surface area contributed by atoms with Gasteiger partial charge in [0.25, 0.3) is 5.91 Å². The van der Waals surface area contributed by atoms with Crippen molar-refractivity contribution < 1.29 is 4.79 Å². The van der Waals surface area contributed by atoms with Crippen molar-refractivity contribution in [1.29, 1.82) is 0 Å². The number of carbonyl (C=O) groups is 1. The number of rotatable bonds is 5. The highest BCUT2D eigenvalue weighted by atomic mass is 79.9. The lowest BCUT2D eigenvalue weighted by Crippen LogP contribution is -2.28. The number of halogens is 2. The van der Waals surface area contributed by atoms with Crippen molar-refractivity contribution in [1.82, 2.24) is 25.1 Å². The summed E-state index contributed by atoms with van der Waals surface area (Å²) in [7, 11) is 0. The first-order valence-electron chi connectivity index (χ1n) is 9.06. The number of nitrogens with zero attached hydrogens (tertiary/aromatic N) is 4. The van der Waals surface area contributed by atoms with Crippen LogP contribution in [0, 0.1) is 0 Å². The smallest absolute Gasteiger partial charge is 0.254 e. The van der Waals surface area contributed by atoms with Crippen molar-refractivity contribution in [3.05, 3.63) is 81.9 Å². The number of hydrogen-bond acceptors (Lipinski definition) is 4. The normalized spacial score (nSPS) is 12.1. The fourth-order valence-corrected chi connectivity index (χ4v) is 3.70. The molecule has 0 spiro atoms. The minimum Gasteiger partial charge on any atom is -0.345 e. The van der Waals surface area contributed by atoms with Gasteiger partial charge in [0, 0.05) is 33.5 Å². The minimum atomic E-state index is -0.203. The molecule has 0 saturated carbocycles. The van der Waals surface area contributed by atoms with Crippen LogP contribution in [-0.4, -0.2) is 25.7 Å². The van der Waals surface area contributed by atoms with Crippen LogP contribution in [-0.2, 0) is 0 Å². The number of carbonyl (C=O) groups excluding carboxylic acids is 1. The second kappa shape index (κ2) is 8.31. The zero-order valence-corrected chi connectivity index (χ0v) is 17.9. The van der Waals surface area contributed by atoms with Crippen LogP contribution in [0.3, 0.4) is 0 Å². The number of fused-ring (bicyclic) bond motifs is 1. The molecule has 0 unspecified atom stereocenters. The SMILES string of the molecule is CC[C@H](NC(=O)c1cncc2c1cnn2-c1ccc(Cl)cc1)c1cncc(Br)c1. The van der Waals surface area contributed by atoms with Gasteiger partial charge in [-0.25, -0.2) is 4.68 Å². The Hall–Kier alpha value is -2.77. The summed E-state index contributed by atoms with van der Waals surface area (Å²) in [5, 5.41) is 8.91. The number of amides is 1. The Labute approximate surface area is 181 Å². The van der Waals surface area contributed by atoms with Crippen molar-refractivity contribution in [2.45, 2.75) is 19.4 Å². The minimum absolute atomic E-state index is 0.158. The summed E-state index contributed by atoms with van der Waals surface area (Å²) in [5.74, 6) is -0.203. The Balaban J connectivity index is 1.67. The number of benzene rings is 1. The molecule has 146 valence electrons. The molecule has 4 aromatic rings. The quantitative estimate of drug-likeness (QED) is 0.440. The Kier molecular flexibility index (Phi) is 5.60. The Morgan fingerprint density at radius 3 is 2.62 bits per heavy atom. The highest BCUT2D eigenvalue weighted by Crippen LogP contribution is 2.24. The molecule has 1 amide bonds. The van der Waals surface area contributed by atoms with Crippen LogP contribution in [0.4, 0.5) is 0 Å². The molecule has 0 aliphatic carbocycles. The van der Waals surface area contributed by atoms with E-state index in [4.69, 9.17) is 11.6 Å². The number of aromatic nitrogens is 4. The first kappa shape index (κ1) is 19.5. The summed E-state index contributed by atoms with van der Waals surface area (Å²) in [6, 6.07) is 9.13. The highest BCUT2D eigenvalue weighted by Gasteiger charge is 2.19. The van der Waals surface area contributed by atoms with Crippen LogP contribution in [0.5, 0.6) is 0 Å². The fourth-order valence-electron chi connectivity index (χ4n) is 3.19. The Bertz CT molecular complexity index is 1180. The number of nitrogens with one attached hydrogen (secondary N) is 1. The maximum atomic E-state index is 13.0. The van der Waals surface area contributed by atoms with Gasteiger partial charge in [0.05, 0.1) is 35.2 Å². The first-order valence-corrected chi connectivity index (χ1v) is 10.2. The van der Waals surface area contributed by atoms with E-state index in [0.717, 1.165) is 33.0 Å². The molecule has 6 nitrogen and oxygen atoms in total. The van der Waals surface area contributed by atoms with Gasteiger partial charge in [-0.1, -0.05) is 18.5 Å². The van der Waals surface area contributed by atoms with Crippen LogP contribution < -0.4 is 5.32 Å². The van der Waals surface area contributed by atoms with E-state index in [0.29, 0.717) is 10.6 Å². The largest absolute Gasteiger partial charge is 0.345 e. The highest BCUT2D eigenvalue weighted by molar-refractivity contribution is 9.10. The molecule has 1 N–H and O–H groups in total. The Morgan fingerprint density at radius 2 is 1.90 bits per heavy atom. The van der Waals surface area contributed by atoms with E-state index in [2.05, 4.69) is 36.3 Å². The third-order valence-corrected chi connectivity index (χ3v) is 5.34. The lowest BCUT2D eigenvalue weighted by molar-refractivity contribution is 0.0937. The third-order valence-electron chi connectivity index (χ3n) is 4.65. The molecule has 4 rings (SSSR count). The lowest BCUT2D eigenvalue weighted by Gasteiger charge is -2.17. The van der Waals surface area contributed by atoms with Crippen LogP contribution >= 0.6 is 27.5 Å². The van der Waals surface area contributed by atoms with Gasteiger partial charge < -0.3 is 5.32 Å². The van der Waals surface area contributed by atoms with Gasteiger partial charge in [0.15, 0.2) is 0 Å². The van der Waals surface area contributed by atoms with E-state index in [1.165, 1.54) is 0 Å². The maximum absolute atomic E-state index is 13.0. The first-order chi connectivity index (χ1) is 14.1. The molecule has 8 heteroatoms. The van der Waals surface area contributed by atoms with E-state index in [1.807, 2.05) is 25.1 Å². The van der Waals surface area contributed by atoms with Crippen LogP contribution in [0.15, 0.2) is 65.8 Å². The predicted octanol–water partition coefficient (Wildman–Crippen LogP) is 5.11. The summed E-state index contributed by atoms with van der Waals surface area (Å²) < 4.78 is 2.61. The summed E-state index contributed by atoms with van der Waals surface area (Å²) in [6.07, 6.45) is 9.16. The average Bonchev–Trinajstić information content (AvgIpc) is 3.16. The standard InChI is InChI=1S/C21H17BrClN5O/c1-2-19(13-7-14(22)9-24-8-13)27-21(29)18-10-25-12-20-17(18)11-26-28(20)16-5-3-15(23)4-6-16/h3-12,19H,2H2,1H3,(H,27,29)/t19-/m0/s1. The molecule has 0 aliphatic heterocycles. The number of hydrogen-bond donors (Lipinski definition) is 1. The van der Waals surface area contributed by atoms with Crippen molar-refractivity contribution in [2.24, 2.45) is 0 Å². The molecule has 3 aromatic heterocycles. The molecule has 0 radical (unpaired) electrons. The fraction of sp³-hybridized carbons (Fsp3) is 0.143. The average molecular weight is 471 g/mol. The zero-order chi connectivity index (χ0) is 20.4. The van der Waals surface area contributed by atoms with Crippen molar-refractivity contribution in [3.63, 3.8) is 0 Å². The van der Waals surface area contributed by atoms with Gasteiger partial charge in [-0.3, -0.25) is 14.8 Å². The van der Waals surface area contributed by atoms with E-state index in [1.54, 1.807) is 47.8 Å². The van der Waals surface area contributed by atoms with Crippen molar-refractivity contribution in [2.75, 3.05) is 0 Å². The summed E-state index contributed by atoms with van der Waals surface area (Å²) in [6.45, 7) is 2.02. The second-order valence-corrected chi connectivity index (χ2v) is 7.88. The van der Waals surface area contributed by atoms with E-state index in [-0.39, 0.29) is 11.9 Å². The molecule has 3 heterocycles. The van der Waals surface area contributed by atoms with Gasteiger partial charge in [0.1, 0.15) is 0 Å². The zero-order valence-electron chi connectivity index (χ0n) is 15.5. The lowest BCUT2D eigenvalue weighted by atomic mass is 10.1. The molecule has 1 atom stereocenters. The molecule has 0 fully saturated rings. The summed E-state index contributed by atoms with van der Waals surface area (Å²) >= 11 is 9.41. The van der Waals surface area contributed by atoms with Crippen LogP contribution in [0.2, 0.25) is 5.02 Å².